The lowest BCUT2D eigenvalue weighted by atomic mass is 9.77. The average molecular weight is 242 g/mol. The third-order valence-corrected chi connectivity index (χ3v) is 3.01. The minimum absolute atomic E-state index is 0.0718. The van der Waals surface area contributed by atoms with Crippen LogP contribution in [0.3, 0.4) is 0 Å². The number of nitrogens with zero attached hydrogens (tertiary/aromatic N) is 2. The molecule has 6 nitrogen and oxygen atoms in total. The first-order chi connectivity index (χ1) is 7.83. The van der Waals surface area contributed by atoms with Crippen LogP contribution in [0.2, 0.25) is 0 Å². The van der Waals surface area contributed by atoms with Gasteiger partial charge in [0.1, 0.15) is 5.54 Å². The Labute approximate surface area is 100 Å². The van der Waals surface area contributed by atoms with Crippen LogP contribution in [0, 0.1) is 0 Å². The fraction of sp³-hybridized carbons (Fsp3) is 0.818. The van der Waals surface area contributed by atoms with Crippen molar-refractivity contribution >= 4 is 12.2 Å². The summed E-state index contributed by atoms with van der Waals surface area (Å²) < 4.78 is 0. The lowest BCUT2D eigenvalue weighted by Gasteiger charge is -2.39. The van der Waals surface area contributed by atoms with Crippen molar-refractivity contribution in [3.63, 3.8) is 0 Å². The van der Waals surface area contributed by atoms with Crippen molar-refractivity contribution in [3.05, 3.63) is 0 Å². The second kappa shape index (κ2) is 6.42. The van der Waals surface area contributed by atoms with Gasteiger partial charge in [-0.2, -0.15) is 9.98 Å². The highest BCUT2D eigenvalue weighted by molar-refractivity contribution is 5.38. The number of rotatable bonds is 7. The summed E-state index contributed by atoms with van der Waals surface area (Å²) in [6, 6.07) is -0.728. The van der Waals surface area contributed by atoms with E-state index in [1.807, 2.05) is 0 Å². The zero-order chi connectivity index (χ0) is 13.5. The molecule has 96 valence electrons. The van der Waals surface area contributed by atoms with Crippen LogP contribution in [-0.4, -0.2) is 46.2 Å². The summed E-state index contributed by atoms with van der Waals surface area (Å²) in [6.07, 6.45) is 3.50. The quantitative estimate of drug-likeness (QED) is 0.496. The predicted molar refractivity (Wildman–Crippen MR) is 61.1 cm³/mol. The average Bonchev–Trinajstić information content (AvgIpc) is 2.22. The van der Waals surface area contributed by atoms with Crippen molar-refractivity contribution in [2.75, 3.05) is 6.61 Å². The van der Waals surface area contributed by atoms with E-state index in [0.29, 0.717) is 12.8 Å². The molecule has 0 saturated carbocycles. The summed E-state index contributed by atoms with van der Waals surface area (Å²) in [4.78, 5) is 28.0. The van der Waals surface area contributed by atoms with Gasteiger partial charge in [-0.05, 0) is 33.6 Å². The van der Waals surface area contributed by atoms with Gasteiger partial charge >= 0.3 is 0 Å². The molecule has 0 saturated heterocycles. The minimum atomic E-state index is -1.36. The summed E-state index contributed by atoms with van der Waals surface area (Å²) in [7, 11) is 0. The molecule has 0 aromatic rings. The van der Waals surface area contributed by atoms with E-state index in [2.05, 4.69) is 9.98 Å². The predicted octanol–water partition coefficient (Wildman–Crippen LogP) is 0.329. The molecule has 0 amide bonds. The standard InChI is InChI=1S/C11H18N2O4/c1-10(2,17)11(3,13-8-16)9(12-7-15)5-4-6-14/h9,14,17H,4-6H2,1-3H3. The maximum atomic E-state index is 10.5. The zero-order valence-electron chi connectivity index (χ0n) is 10.3. The second-order valence-electron chi connectivity index (χ2n) is 4.51. The molecular formula is C11H18N2O4. The fourth-order valence-corrected chi connectivity index (χ4v) is 1.53. The van der Waals surface area contributed by atoms with Crippen molar-refractivity contribution in [1.29, 1.82) is 0 Å². The Morgan fingerprint density at radius 3 is 2.18 bits per heavy atom. The third kappa shape index (κ3) is 3.88. The van der Waals surface area contributed by atoms with E-state index < -0.39 is 17.2 Å². The van der Waals surface area contributed by atoms with E-state index in [9.17, 15) is 14.7 Å². The molecule has 0 aromatic carbocycles. The Kier molecular flexibility index (Phi) is 5.93. The van der Waals surface area contributed by atoms with Gasteiger partial charge in [-0.1, -0.05) is 0 Å². The molecule has 0 aliphatic rings. The summed E-state index contributed by atoms with van der Waals surface area (Å²) in [5, 5.41) is 18.8. The van der Waals surface area contributed by atoms with Crippen molar-refractivity contribution in [2.45, 2.75) is 50.8 Å². The van der Waals surface area contributed by atoms with Gasteiger partial charge < -0.3 is 10.2 Å². The van der Waals surface area contributed by atoms with Crippen LogP contribution in [0.1, 0.15) is 33.6 Å². The number of aliphatic hydroxyl groups excluding tert-OH is 1. The van der Waals surface area contributed by atoms with Crippen LogP contribution < -0.4 is 0 Å². The molecular weight excluding hydrogens is 224 g/mol. The van der Waals surface area contributed by atoms with Crippen molar-refractivity contribution in [2.24, 2.45) is 9.98 Å². The van der Waals surface area contributed by atoms with E-state index >= 15 is 0 Å². The highest BCUT2D eigenvalue weighted by Crippen LogP contribution is 2.33. The number of carbonyl (C=O) groups excluding carboxylic acids is 2. The molecule has 0 rings (SSSR count). The van der Waals surface area contributed by atoms with Gasteiger partial charge in [0.2, 0.25) is 12.2 Å². The Bertz CT molecular complexity index is 338. The van der Waals surface area contributed by atoms with Gasteiger partial charge in [0, 0.05) is 6.61 Å². The monoisotopic (exact) mass is 242 g/mol. The maximum absolute atomic E-state index is 10.5. The van der Waals surface area contributed by atoms with E-state index in [-0.39, 0.29) is 6.61 Å². The first kappa shape index (κ1) is 15.7. The first-order valence-electron chi connectivity index (χ1n) is 5.32. The van der Waals surface area contributed by atoms with Gasteiger partial charge in [0.05, 0.1) is 11.6 Å². The third-order valence-electron chi connectivity index (χ3n) is 3.01. The highest BCUT2D eigenvalue weighted by Gasteiger charge is 2.46. The molecule has 0 aromatic heterocycles. The van der Waals surface area contributed by atoms with E-state index in [1.165, 1.54) is 32.9 Å². The van der Waals surface area contributed by atoms with Gasteiger partial charge in [-0.3, -0.25) is 0 Å². The van der Waals surface area contributed by atoms with Crippen LogP contribution >= 0.6 is 0 Å². The number of hydrogen-bond donors (Lipinski definition) is 2. The van der Waals surface area contributed by atoms with Crippen LogP contribution in [0.5, 0.6) is 0 Å². The minimum Gasteiger partial charge on any atom is -0.396 e. The number of isocyanates is 2. The summed E-state index contributed by atoms with van der Waals surface area (Å²) >= 11 is 0. The SMILES string of the molecule is CC(C)(O)C(C)(N=C=O)C(CCCO)N=C=O. The Hall–Kier alpha value is -1.32. The fourth-order valence-electron chi connectivity index (χ4n) is 1.53. The van der Waals surface area contributed by atoms with Gasteiger partial charge in [0.25, 0.3) is 0 Å². The number of aliphatic hydroxyl groups is 2. The largest absolute Gasteiger partial charge is 0.396 e. The van der Waals surface area contributed by atoms with Gasteiger partial charge in [0.15, 0.2) is 0 Å². The molecule has 2 N–H and O–H groups in total. The Morgan fingerprint density at radius 2 is 1.82 bits per heavy atom. The van der Waals surface area contributed by atoms with Crippen LogP contribution in [-0.2, 0) is 9.59 Å². The van der Waals surface area contributed by atoms with Crippen molar-refractivity contribution in [3.8, 4) is 0 Å². The first-order valence-corrected chi connectivity index (χ1v) is 5.32. The molecule has 2 atom stereocenters. The molecule has 0 spiro atoms. The normalized spacial score (nSPS) is 16.3. The molecule has 0 bridgehead atoms. The lowest BCUT2D eigenvalue weighted by Crippen LogP contribution is -2.54. The summed E-state index contributed by atoms with van der Waals surface area (Å²) in [6.45, 7) is 4.39. The Morgan fingerprint density at radius 1 is 1.24 bits per heavy atom. The van der Waals surface area contributed by atoms with Gasteiger partial charge in [-0.15, -0.1) is 0 Å². The number of hydrogen-bond acceptors (Lipinski definition) is 6. The topological polar surface area (TPSA) is 99.3 Å². The van der Waals surface area contributed by atoms with Crippen LogP contribution in [0.25, 0.3) is 0 Å². The van der Waals surface area contributed by atoms with Gasteiger partial charge in [-0.25, -0.2) is 9.59 Å². The van der Waals surface area contributed by atoms with Crippen LogP contribution in [0.4, 0.5) is 0 Å². The molecule has 0 fully saturated rings. The van der Waals surface area contributed by atoms with Crippen molar-refractivity contribution < 1.29 is 19.8 Å². The molecule has 0 radical (unpaired) electrons. The van der Waals surface area contributed by atoms with Crippen molar-refractivity contribution in [1.82, 2.24) is 0 Å². The van der Waals surface area contributed by atoms with Crippen LogP contribution in [0.15, 0.2) is 9.98 Å². The Balaban J connectivity index is 5.36. The molecule has 0 aliphatic heterocycles. The van der Waals surface area contributed by atoms with E-state index in [4.69, 9.17) is 5.11 Å². The van der Waals surface area contributed by atoms with E-state index in [0.717, 1.165) is 0 Å². The summed E-state index contributed by atoms with van der Waals surface area (Å²) in [5.41, 5.74) is -2.63. The number of aliphatic imine (C=N–C) groups is 2. The molecule has 0 heterocycles. The molecule has 17 heavy (non-hydrogen) atoms. The smallest absolute Gasteiger partial charge is 0.235 e. The second-order valence-corrected chi connectivity index (χ2v) is 4.51. The maximum Gasteiger partial charge on any atom is 0.235 e. The molecule has 0 aliphatic carbocycles. The lowest BCUT2D eigenvalue weighted by molar-refractivity contribution is -0.00623. The summed E-state index contributed by atoms with van der Waals surface area (Å²) in [5.74, 6) is 0. The zero-order valence-corrected chi connectivity index (χ0v) is 10.3. The van der Waals surface area contributed by atoms with E-state index in [1.54, 1.807) is 0 Å². The molecule has 6 heteroatoms. The molecule has 2 unspecified atom stereocenters. The highest BCUT2D eigenvalue weighted by atomic mass is 16.3.